The zero-order valence-corrected chi connectivity index (χ0v) is 21.7. The van der Waals surface area contributed by atoms with Gasteiger partial charge in [-0.2, -0.15) is 16.1 Å². The second kappa shape index (κ2) is 13.6. The summed E-state index contributed by atoms with van der Waals surface area (Å²) in [5.74, 6) is -0.400. The number of rotatable bonds is 13. The molecule has 0 aliphatic carbocycles. The van der Waals surface area contributed by atoms with Crippen molar-refractivity contribution in [3.8, 4) is 0 Å². The minimum atomic E-state index is -3.94. The van der Waals surface area contributed by atoms with Gasteiger partial charge in [-0.25, -0.2) is 13.2 Å². The van der Waals surface area contributed by atoms with Crippen molar-refractivity contribution in [3.63, 3.8) is 0 Å². The predicted octanol–water partition coefficient (Wildman–Crippen LogP) is 1.46. The first kappa shape index (κ1) is 28.8. The Bertz CT molecular complexity index is 997. The van der Waals surface area contributed by atoms with Crippen molar-refractivity contribution >= 4 is 45.0 Å². The maximum Gasteiger partial charge on any atom is 0.329 e. The molecule has 1 atom stereocenters. The standard InChI is InChI=1S/C21H32N4O8S2/c1-15(2)13-22-20(26)14-33-21(27)18(6-11-34-3)23-17-5-4-16(12-19(17)25(28)29)35(30,31)24-7-9-32-10-8-24/h4-5,12,15,18,23H,6-11,13-14H2,1-3H3,(H,22,26)/t18-/m1/s1. The molecule has 35 heavy (non-hydrogen) atoms. The number of sulfonamides is 1. The van der Waals surface area contributed by atoms with E-state index in [1.807, 2.05) is 20.1 Å². The van der Waals surface area contributed by atoms with E-state index in [9.17, 15) is 28.1 Å². The number of anilines is 1. The van der Waals surface area contributed by atoms with Crippen LogP contribution in [0.1, 0.15) is 20.3 Å². The first-order valence-corrected chi connectivity index (χ1v) is 13.9. The van der Waals surface area contributed by atoms with Crippen molar-refractivity contribution in [2.24, 2.45) is 5.92 Å². The molecule has 1 fully saturated rings. The van der Waals surface area contributed by atoms with Gasteiger partial charge in [0.15, 0.2) is 6.61 Å². The molecule has 1 saturated heterocycles. The van der Waals surface area contributed by atoms with Gasteiger partial charge in [0.05, 0.1) is 23.0 Å². The first-order valence-electron chi connectivity index (χ1n) is 11.1. The topological polar surface area (TPSA) is 157 Å². The maximum atomic E-state index is 12.9. The Labute approximate surface area is 209 Å². The van der Waals surface area contributed by atoms with Gasteiger partial charge in [-0.3, -0.25) is 14.9 Å². The fourth-order valence-corrected chi connectivity index (χ4v) is 5.06. The number of esters is 1. The molecule has 1 amide bonds. The van der Waals surface area contributed by atoms with E-state index in [1.165, 1.54) is 28.2 Å². The molecular formula is C21H32N4O8S2. The molecule has 0 aromatic heterocycles. The van der Waals surface area contributed by atoms with E-state index >= 15 is 0 Å². The zero-order chi connectivity index (χ0) is 26.0. The van der Waals surface area contributed by atoms with Crippen LogP contribution in [0.3, 0.4) is 0 Å². The summed E-state index contributed by atoms with van der Waals surface area (Å²) in [4.78, 5) is 35.3. The van der Waals surface area contributed by atoms with Crippen LogP contribution in [0.2, 0.25) is 0 Å². The van der Waals surface area contributed by atoms with E-state index in [2.05, 4.69) is 10.6 Å². The molecule has 196 valence electrons. The van der Waals surface area contributed by atoms with Crippen LogP contribution in [-0.2, 0) is 29.1 Å². The number of benzene rings is 1. The van der Waals surface area contributed by atoms with Crippen LogP contribution in [0.5, 0.6) is 0 Å². The molecule has 2 N–H and O–H groups in total. The number of amides is 1. The van der Waals surface area contributed by atoms with E-state index in [0.29, 0.717) is 12.3 Å². The van der Waals surface area contributed by atoms with E-state index in [4.69, 9.17) is 9.47 Å². The number of nitrogens with zero attached hydrogens (tertiary/aromatic N) is 2. The van der Waals surface area contributed by atoms with Gasteiger partial charge in [-0.1, -0.05) is 13.8 Å². The lowest BCUT2D eigenvalue weighted by Crippen LogP contribution is -2.40. The van der Waals surface area contributed by atoms with E-state index in [-0.39, 0.29) is 49.2 Å². The molecule has 1 heterocycles. The number of hydrogen-bond acceptors (Lipinski definition) is 10. The molecule has 0 unspecified atom stereocenters. The number of nitro benzene ring substituents is 1. The number of carbonyl (C=O) groups is 2. The second-order valence-corrected chi connectivity index (χ2v) is 11.2. The smallest absolute Gasteiger partial charge is 0.329 e. The quantitative estimate of drug-likeness (QED) is 0.216. The Morgan fingerprint density at radius 3 is 2.57 bits per heavy atom. The Kier molecular flexibility index (Phi) is 11.2. The van der Waals surface area contributed by atoms with Crippen molar-refractivity contribution in [1.82, 2.24) is 9.62 Å². The lowest BCUT2D eigenvalue weighted by atomic mass is 10.2. The van der Waals surface area contributed by atoms with Gasteiger partial charge in [0.25, 0.3) is 11.6 Å². The third kappa shape index (κ3) is 8.63. The molecular weight excluding hydrogens is 500 g/mol. The van der Waals surface area contributed by atoms with Gasteiger partial charge in [0.1, 0.15) is 11.7 Å². The highest BCUT2D eigenvalue weighted by Crippen LogP contribution is 2.30. The summed E-state index contributed by atoms with van der Waals surface area (Å²) in [5.41, 5.74) is -0.515. The van der Waals surface area contributed by atoms with Crippen molar-refractivity contribution < 1.29 is 32.4 Å². The van der Waals surface area contributed by atoms with Crippen LogP contribution in [-0.4, -0.2) is 87.0 Å². The molecule has 0 bridgehead atoms. The number of nitrogens with one attached hydrogen (secondary N) is 2. The third-order valence-electron chi connectivity index (χ3n) is 5.05. The van der Waals surface area contributed by atoms with Crippen molar-refractivity contribution in [1.29, 1.82) is 0 Å². The molecule has 0 radical (unpaired) electrons. The Balaban J connectivity index is 2.20. The number of nitro groups is 1. The number of hydrogen-bond donors (Lipinski definition) is 2. The third-order valence-corrected chi connectivity index (χ3v) is 7.59. The molecule has 0 saturated carbocycles. The summed E-state index contributed by atoms with van der Waals surface area (Å²) in [6.07, 6.45) is 2.12. The summed E-state index contributed by atoms with van der Waals surface area (Å²) in [6, 6.07) is 2.53. The SMILES string of the molecule is CSCC[C@@H](Nc1ccc(S(=O)(=O)N2CCOCC2)cc1[N+](=O)[O-])C(=O)OCC(=O)NCC(C)C. The number of ether oxygens (including phenoxy) is 2. The number of carbonyl (C=O) groups excluding carboxylic acids is 2. The summed E-state index contributed by atoms with van der Waals surface area (Å²) in [7, 11) is -3.94. The van der Waals surface area contributed by atoms with Crippen LogP contribution < -0.4 is 10.6 Å². The zero-order valence-electron chi connectivity index (χ0n) is 20.0. The number of thioether (sulfide) groups is 1. The lowest BCUT2D eigenvalue weighted by molar-refractivity contribution is -0.384. The largest absolute Gasteiger partial charge is 0.454 e. The van der Waals surface area contributed by atoms with Crippen LogP contribution >= 0.6 is 11.8 Å². The lowest BCUT2D eigenvalue weighted by Gasteiger charge is -2.26. The second-order valence-electron chi connectivity index (χ2n) is 8.24. The van der Waals surface area contributed by atoms with Crippen molar-refractivity contribution in [3.05, 3.63) is 28.3 Å². The van der Waals surface area contributed by atoms with Crippen LogP contribution in [0.15, 0.2) is 23.1 Å². The van der Waals surface area contributed by atoms with E-state index in [0.717, 1.165) is 6.07 Å². The summed E-state index contributed by atoms with van der Waals surface area (Å²) in [6.45, 7) is 4.63. The van der Waals surface area contributed by atoms with Crippen LogP contribution in [0.4, 0.5) is 11.4 Å². The highest BCUT2D eigenvalue weighted by molar-refractivity contribution is 7.98. The monoisotopic (exact) mass is 532 g/mol. The van der Waals surface area contributed by atoms with Crippen molar-refractivity contribution in [2.45, 2.75) is 31.2 Å². The van der Waals surface area contributed by atoms with Crippen LogP contribution in [0.25, 0.3) is 0 Å². The molecule has 1 aromatic rings. The minimum absolute atomic E-state index is 0.0248. The molecule has 1 aromatic carbocycles. The summed E-state index contributed by atoms with van der Waals surface area (Å²) in [5, 5.41) is 17.2. The van der Waals surface area contributed by atoms with E-state index in [1.54, 1.807) is 0 Å². The van der Waals surface area contributed by atoms with Crippen molar-refractivity contribution in [2.75, 3.05) is 56.8 Å². The van der Waals surface area contributed by atoms with Gasteiger partial charge in [0.2, 0.25) is 10.0 Å². The van der Waals surface area contributed by atoms with Gasteiger partial charge in [0, 0.05) is 25.7 Å². The van der Waals surface area contributed by atoms with Gasteiger partial charge in [-0.15, -0.1) is 0 Å². The average Bonchev–Trinajstić information content (AvgIpc) is 2.84. The fourth-order valence-electron chi connectivity index (χ4n) is 3.16. The molecule has 14 heteroatoms. The first-order chi connectivity index (χ1) is 16.6. The van der Waals surface area contributed by atoms with Gasteiger partial charge in [-0.05, 0) is 36.5 Å². The van der Waals surface area contributed by atoms with Gasteiger partial charge >= 0.3 is 5.97 Å². The summed E-state index contributed by atoms with van der Waals surface area (Å²) < 4.78 is 37.3. The van der Waals surface area contributed by atoms with Gasteiger partial charge < -0.3 is 20.1 Å². The predicted molar refractivity (Wildman–Crippen MR) is 132 cm³/mol. The average molecular weight is 533 g/mol. The van der Waals surface area contributed by atoms with Crippen LogP contribution in [0, 0.1) is 16.0 Å². The Morgan fingerprint density at radius 2 is 1.97 bits per heavy atom. The molecule has 1 aliphatic heterocycles. The summed E-state index contributed by atoms with van der Waals surface area (Å²) >= 11 is 1.47. The van der Waals surface area contributed by atoms with E-state index < -0.39 is 45.2 Å². The Hall–Kier alpha value is -2.42. The molecule has 12 nitrogen and oxygen atoms in total. The highest BCUT2D eigenvalue weighted by atomic mass is 32.2. The molecule has 2 rings (SSSR count). The Morgan fingerprint density at radius 1 is 1.29 bits per heavy atom. The fraction of sp³-hybridized carbons (Fsp3) is 0.619. The molecule has 0 spiro atoms. The number of morpholine rings is 1. The minimum Gasteiger partial charge on any atom is -0.454 e. The maximum absolute atomic E-state index is 12.9. The highest BCUT2D eigenvalue weighted by Gasteiger charge is 2.30. The normalized spacial score (nSPS) is 15.4. The molecule has 1 aliphatic rings.